The van der Waals surface area contributed by atoms with Crippen molar-refractivity contribution in [2.24, 2.45) is 5.73 Å². The lowest BCUT2D eigenvalue weighted by Crippen LogP contribution is -2.29. The van der Waals surface area contributed by atoms with Crippen LogP contribution in [0.2, 0.25) is 0 Å². The maximum Gasteiger partial charge on any atom is 0.121 e. The number of nitrogens with two attached hydrogens (primary N) is 1. The minimum Gasteiger partial charge on any atom is -0.494 e. The van der Waals surface area contributed by atoms with Crippen molar-refractivity contribution in [1.82, 2.24) is 15.0 Å². The molecule has 96 valence electrons. The van der Waals surface area contributed by atoms with E-state index < -0.39 is 5.54 Å². The van der Waals surface area contributed by atoms with Crippen molar-refractivity contribution in [2.75, 3.05) is 6.61 Å². The van der Waals surface area contributed by atoms with Crippen LogP contribution in [0, 0.1) is 0 Å². The monoisotopic (exact) mass is 246 g/mol. The van der Waals surface area contributed by atoms with Crippen LogP contribution in [0.1, 0.15) is 26.5 Å². The molecule has 1 heterocycles. The van der Waals surface area contributed by atoms with Crippen molar-refractivity contribution < 1.29 is 4.74 Å². The molecule has 1 aromatic carbocycles. The van der Waals surface area contributed by atoms with Gasteiger partial charge in [-0.3, -0.25) is 0 Å². The average molecular weight is 246 g/mol. The molecule has 0 aliphatic rings. The van der Waals surface area contributed by atoms with Crippen molar-refractivity contribution in [1.29, 1.82) is 0 Å². The zero-order valence-electron chi connectivity index (χ0n) is 10.9. The number of ether oxygens (including phenoxy) is 1. The van der Waals surface area contributed by atoms with E-state index in [4.69, 9.17) is 10.5 Å². The summed E-state index contributed by atoms with van der Waals surface area (Å²) in [5, 5.41) is 8.17. The zero-order valence-corrected chi connectivity index (χ0v) is 10.9. The fourth-order valence-corrected chi connectivity index (χ4v) is 1.57. The Morgan fingerprint density at radius 1 is 1.39 bits per heavy atom. The van der Waals surface area contributed by atoms with Crippen LogP contribution in [-0.2, 0) is 5.54 Å². The van der Waals surface area contributed by atoms with E-state index in [1.54, 1.807) is 4.68 Å². The Morgan fingerprint density at radius 2 is 2.17 bits per heavy atom. The van der Waals surface area contributed by atoms with E-state index >= 15 is 0 Å². The number of benzene rings is 1. The van der Waals surface area contributed by atoms with Crippen LogP contribution < -0.4 is 10.5 Å². The minimum atomic E-state index is -0.490. The molecule has 18 heavy (non-hydrogen) atoms. The highest BCUT2D eigenvalue weighted by Gasteiger charge is 2.18. The molecule has 0 aliphatic heterocycles. The standard InChI is InChI=1S/C13H18N4O/c1-4-18-11-7-5-6-10(8-11)17-9-12(15-16-17)13(2,3)14/h5-9H,4,14H2,1-3H3. The van der Waals surface area contributed by atoms with Gasteiger partial charge in [0.05, 0.1) is 24.0 Å². The fraction of sp³-hybridized carbons (Fsp3) is 0.385. The lowest BCUT2D eigenvalue weighted by Gasteiger charge is -2.13. The van der Waals surface area contributed by atoms with Gasteiger partial charge in [0.1, 0.15) is 11.4 Å². The molecule has 2 aromatic rings. The molecule has 0 radical (unpaired) electrons. The highest BCUT2D eigenvalue weighted by atomic mass is 16.5. The average Bonchev–Trinajstić information content (AvgIpc) is 2.78. The van der Waals surface area contributed by atoms with Crippen LogP contribution in [-0.4, -0.2) is 21.6 Å². The Bertz CT molecular complexity index is 528. The van der Waals surface area contributed by atoms with Crippen molar-refractivity contribution in [3.8, 4) is 11.4 Å². The van der Waals surface area contributed by atoms with Crippen LogP contribution >= 0.6 is 0 Å². The van der Waals surface area contributed by atoms with Gasteiger partial charge in [-0.05, 0) is 32.9 Å². The molecule has 5 nitrogen and oxygen atoms in total. The van der Waals surface area contributed by atoms with Gasteiger partial charge in [0.15, 0.2) is 0 Å². The maximum absolute atomic E-state index is 5.99. The van der Waals surface area contributed by atoms with Crippen LogP contribution in [0.25, 0.3) is 5.69 Å². The van der Waals surface area contributed by atoms with Gasteiger partial charge in [0, 0.05) is 6.07 Å². The van der Waals surface area contributed by atoms with E-state index in [0.29, 0.717) is 6.61 Å². The van der Waals surface area contributed by atoms with E-state index in [9.17, 15) is 0 Å². The minimum absolute atomic E-state index is 0.490. The smallest absolute Gasteiger partial charge is 0.121 e. The largest absolute Gasteiger partial charge is 0.494 e. The highest BCUT2D eigenvalue weighted by Crippen LogP contribution is 2.18. The Balaban J connectivity index is 2.31. The molecule has 5 heteroatoms. The van der Waals surface area contributed by atoms with Gasteiger partial charge in [-0.15, -0.1) is 5.10 Å². The quantitative estimate of drug-likeness (QED) is 0.894. The summed E-state index contributed by atoms with van der Waals surface area (Å²) in [6.07, 6.45) is 1.84. The fourth-order valence-electron chi connectivity index (χ4n) is 1.57. The molecule has 0 spiro atoms. The molecule has 0 saturated carbocycles. The third kappa shape index (κ3) is 2.68. The summed E-state index contributed by atoms with van der Waals surface area (Å²) >= 11 is 0. The van der Waals surface area contributed by atoms with Crippen LogP contribution in [0.15, 0.2) is 30.5 Å². The summed E-state index contributed by atoms with van der Waals surface area (Å²) in [6.45, 7) is 6.40. The van der Waals surface area contributed by atoms with Crippen molar-refractivity contribution in [3.05, 3.63) is 36.2 Å². The van der Waals surface area contributed by atoms with Crippen LogP contribution in [0.5, 0.6) is 5.75 Å². The lowest BCUT2D eigenvalue weighted by atomic mass is 10.0. The Labute approximate surface area is 107 Å². The summed E-state index contributed by atoms with van der Waals surface area (Å²) in [5.41, 5.74) is 7.16. The Kier molecular flexibility index (Phi) is 3.34. The van der Waals surface area contributed by atoms with Crippen molar-refractivity contribution in [2.45, 2.75) is 26.3 Å². The number of hydrogen-bond donors (Lipinski definition) is 1. The second-order valence-electron chi connectivity index (χ2n) is 4.70. The van der Waals surface area contributed by atoms with E-state index in [2.05, 4.69) is 10.3 Å². The molecular weight excluding hydrogens is 228 g/mol. The van der Waals surface area contributed by atoms with Crippen LogP contribution in [0.4, 0.5) is 0 Å². The molecule has 2 N–H and O–H groups in total. The number of aromatic nitrogens is 3. The summed E-state index contributed by atoms with van der Waals surface area (Å²) in [7, 11) is 0. The van der Waals surface area contributed by atoms with Gasteiger partial charge >= 0.3 is 0 Å². The van der Waals surface area contributed by atoms with Gasteiger partial charge in [-0.2, -0.15) is 0 Å². The normalized spacial score (nSPS) is 11.6. The zero-order chi connectivity index (χ0) is 13.2. The van der Waals surface area contributed by atoms with Crippen molar-refractivity contribution in [3.63, 3.8) is 0 Å². The summed E-state index contributed by atoms with van der Waals surface area (Å²) in [6, 6.07) is 7.71. The Morgan fingerprint density at radius 3 is 2.78 bits per heavy atom. The van der Waals surface area contributed by atoms with Crippen LogP contribution in [0.3, 0.4) is 0 Å². The first-order valence-corrected chi connectivity index (χ1v) is 5.95. The first-order chi connectivity index (χ1) is 8.50. The molecule has 0 amide bonds. The van der Waals surface area contributed by atoms with E-state index in [1.807, 2.05) is 51.2 Å². The molecular formula is C13H18N4O. The molecule has 0 aliphatic carbocycles. The molecule has 0 saturated heterocycles. The summed E-state index contributed by atoms with van der Waals surface area (Å²) < 4.78 is 7.16. The number of hydrogen-bond acceptors (Lipinski definition) is 4. The lowest BCUT2D eigenvalue weighted by molar-refractivity contribution is 0.340. The summed E-state index contributed by atoms with van der Waals surface area (Å²) in [5.74, 6) is 0.819. The third-order valence-corrected chi connectivity index (χ3v) is 2.55. The van der Waals surface area contributed by atoms with Gasteiger partial charge in [0.25, 0.3) is 0 Å². The molecule has 0 atom stereocenters. The van der Waals surface area contributed by atoms with Gasteiger partial charge in [-0.25, -0.2) is 4.68 Å². The van der Waals surface area contributed by atoms with E-state index in [1.165, 1.54) is 0 Å². The number of nitrogens with zero attached hydrogens (tertiary/aromatic N) is 3. The second-order valence-corrected chi connectivity index (χ2v) is 4.70. The molecule has 1 aromatic heterocycles. The Hall–Kier alpha value is -1.88. The number of rotatable bonds is 4. The van der Waals surface area contributed by atoms with E-state index in [-0.39, 0.29) is 0 Å². The predicted octanol–water partition coefficient (Wildman–Crippen LogP) is 1.86. The molecule has 0 fully saturated rings. The first kappa shape index (κ1) is 12.6. The SMILES string of the molecule is CCOc1cccc(-n2cc(C(C)(C)N)nn2)c1. The van der Waals surface area contributed by atoms with Gasteiger partial charge < -0.3 is 10.5 Å². The first-order valence-electron chi connectivity index (χ1n) is 5.95. The molecule has 0 unspecified atom stereocenters. The predicted molar refractivity (Wildman–Crippen MR) is 69.7 cm³/mol. The maximum atomic E-state index is 5.99. The van der Waals surface area contributed by atoms with Gasteiger partial charge in [-0.1, -0.05) is 11.3 Å². The molecule has 2 rings (SSSR count). The topological polar surface area (TPSA) is 66.0 Å². The third-order valence-electron chi connectivity index (χ3n) is 2.55. The van der Waals surface area contributed by atoms with Crippen molar-refractivity contribution >= 4 is 0 Å². The van der Waals surface area contributed by atoms with Gasteiger partial charge in [0.2, 0.25) is 0 Å². The highest BCUT2D eigenvalue weighted by molar-refractivity contribution is 5.38. The van der Waals surface area contributed by atoms with E-state index in [0.717, 1.165) is 17.1 Å². The second kappa shape index (κ2) is 4.78. The summed E-state index contributed by atoms with van der Waals surface area (Å²) in [4.78, 5) is 0. The molecule has 0 bridgehead atoms.